The Hall–Kier alpha value is -0.420. The molecule has 1 heterocycles. The molecule has 0 spiro atoms. The monoisotopic (exact) mass is 261 g/mol. The van der Waals surface area contributed by atoms with E-state index in [1.165, 1.54) is 0 Å². The van der Waals surface area contributed by atoms with Gasteiger partial charge in [0.15, 0.2) is 9.84 Å². The molecule has 0 aromatic carbocycles. The fraction of sp³-hybridized carbons (Fsp3) is 0.917. The number of ketones is 1. The van der Waals surface area contributed by atoms with E-state index in [1.807, 2.05) is 6.92 Å². The fourth-order valence-corrected chi connectivity index (χ4v) is 3.50. The van der Waals surface area contributed by atoms with Crippen LogP contribution in [0.15, 0.2) is 0 Å². The highest BCUT2D eigenvalue weighted by Crippen LogP contribution is 2.15. The van der Waals surface area contributed by atoms with Gasteiger partial charge in [0.05, 0.1) is 5.75 Å². The van der Waals surface area contributed by atoms with Crippen molar-refractivity contribution in [2.24, 2.45) is 5.92 Å². The second-order valence-electron chi connectivity index (χ2n) is 4.84. The van der Waals surface area contributed by atoms with E-state index in [1.54, 1.807) is 0 Å². The maximum absolute atomic E-state index is 11.6. The zero-order valence-corrected chi connectivity index (χ0v) is 11.4. The quantitative estimate of drug-likeness (QED) is 0.712. The lowest BCUT2D eigenvalue weighted by Crippen LogP contribution is -2.15. The van der Waals surface area contributed by atoms with E-state index in [2.05, 4.69) is 5.32 Å². The number of nitrogens with one attached hydrogen (secondary N) is 1. The van der Waals surface area contributed by atoms with Crippen molar-refractivity contribution >= 4 is 15.6 Å². The van der Waals surface area contributed by atoms with Gasteiger partial charge in [-0.3, -0.25) is 4.79 Å². The Kier molecular flexibility index (Phi) is 6.12. The van der Waals surface area contributed by atoms with Crippen LogP contribution in [0.2, 0.25) is 0 Å². The van der Waals surface area contributed by atoms with Gasteiger partial charge in [0.2, 0.25) is 0 Å². The van der Waals surface area contributed by atoms with Gasteiger partial charge in [0, 0.05) is 18.6 Å². The number of hydrogen-bond donors (Lipinski definition) is 1. The van der Waals surface area contributed by atoms with Crippen molar-refractivity contribution in [3.05, 3.63) is 0 Å². The number of Topliss-reactive ketones (excluding diaryl/α,β-unsaturated/α-hetero) is 1. The van der Waals surface area contributed by atoms with Crippen molar-refractivity contribution in [2.45, 2.75) is 39.0 Å². The summed E-state index contributed by atoms with van der Waals surface area (Å²) in [6.07, 6.45) is 3.40. The predicted octanol–water partition coefficient (Wildman–Crippen LogP) is 1.16. The molecule has 17 heavy (non-hydrogen) atoms. The summed E-state index contributed by atoms with van der Waals surface area (Å²) in [7, 11) is -3.00. The molecule has 4 nitrogen and oxygen atoms in total. The van der Waals surface area contributed by atoms with Gasteiger partial charge in [0.1, 0.15) is 5.78 Å². The molecule has 1 atom stereocenters. The van der Waals surface area contributed by atoms with E-state index < -0.39 is 9.84 Å². The van der Waals surface area contributed by atoms with Gasteiger partial charge in [-0.25, -0.2) is 8.42 Å². The number of sulfone groups is 1. The summed E-state index contributed by atoms with van der Waals surface area (Å²) in [5.41, 5.74) is 0. The minimum Gasteiger partial charge on any atom is -0.316 e. The van der Waals surface area contributed by atoms with Crippen LogP contribution >= 0.6 is 0 Å². The van der Waals surface area contributed by atoms with Crippen LogP contribution in [0.1, 0.15) is 39.0 Å². The average molecular weight is 261 g/mol. The molecule has 1 N–H and O–H groups in total. The van der Waals surface area contributed by atoms with Crippen molar-refractivity contribution in [2.75, 3.05) is 24.6 Å². The first-order chi connectivity index (χ1) is 8.03. The number of hydrogen-bond acceptors (Lipinski definition) is 4. The number of carbonyl (C=O) groups is 1. The SMILES string of the molecule is CCCS(=O)(=O)CCC(=O)CCC1CCNC1. The highest BCUT2D eigenvalue weighted by atomic mass is 32.2. The Bertz CT molecular complexity index is 332. The number of carbonyl (C=O) groups excluding carboxylic acids is 1. The van der Waals surface area contributed by atoms with Crippen molar-refractivity contribution in [3.63, 3.8) is 0 Å². The summed E-state index contributed by atoms with van der Waals surface area (Å²) in [5, 5.41) is 3.26. The predicted molar refractivity (Wildman–Crippen MR) is 68.8 cm³/mol. The van der Waals surface area contributed by atoms with E-state index >= 15 is 0 Å². The third-order valence-corrected chi connectivity index (χ3v) is 5.06. The minimum absolute atomic E-state index is 0.0303. The first-order valence-corrected chi connectivity index (χ1v) is 8.28. The second-order valence-corrected chi connectivity index (χ2v) is 7.14. The van der Waals surface area contributed by atoms with Crippen LogP contribution in [0.5, 0.6) is 0 Å². The molecule has 0 aromatic heterocycles. The van der Waals surface area contributed by atoms with Crippen molar-refractivity contribution in [1.82, 2.24) is 5.32 Å². The van der Waals surface area contributed by atoms with Gasteiger partial charge < -0.3 is 5.32 Å². The fourth-order valence-electron chi connectivity index (χ4n) is 2.13. The summed E-state index contributed by atoms with van der Waals surface area (Å²) >= 11 is 0. The Morgan fingerprint density at radius 3 is 2.65 bits per heavy atom. The summed E-state index contributed by atoms with van der Waals surface area (Å²) in [6.45, 7) is 3.89. The highest BCUT2D eigenvalue weighted by molar-refractivity contribution is 7.91. The third-order valence-electron chi connectivity index (χ3n) is 3.20. The van der Waals surface area contributed by atoms with Crippen LogP contribution in [-0.2, 0) is 14.6 Å². The molecule has 100 valence electrons. The first-order valence-electron chi connectivity index (χ1n) is 6.46. The van der Waals surface area contributed by atoms with Gasteiger partial charge in [-0.05, 0) is 38.3 Å². The van der Waals surface area contributed by atoms with E-state index in [9.17, 15) is 13.2 Å². The molecule has 1 saturated heterocycles. The smallest absolute Gasteiger partial charge is 0.150 e. The Labute approximate surface area is 104 Å². The minimum atomic E-state index is -3.00. The molecular formula is C12H23NO3S. The average Bonchev–Trinajstić information content (AvgIpc) is 2.76. The number of rotatable bonds is 8. The standard InChI is InChI=1S/C12H23NO3S/c1-2-8-17(15,16)9-6-12(14)4-3-11-5-7-13-10-11/h11,13H,2-10H2,1H3. The molecular weight excluding hydrogens is 238 g/mol. The maximum Gasteiger partial charge on any atom is 0.150 e. The Balaban J connectivity index is 2.16. The molecule has 1 rings (SSSR count). The van der Waals surface area contributed by atoms with Crippen LogP contribution < -0.4 is 5.32 Å². The maximum atomic E-state index is 11.6. The molecule has 0 radical (unpaired) electrons. The zero-order valence-electron chi connectivity index (χ0n) is 10.6. The molecule has 1 fully saturated rings. The van der Waals surface area contributed by atoms with Crippen LogP contribution in [0, 0.1) is 5.92 Å². The molecule has 5 heteroatoms. The third kappa shape index (κ3) is 6.17. The van der Waals surface area contributed by atoms with Gasteiger partial charge in [0.25, 0.3) is 0 Å². The Morgan fingerprint density at radius 2 is 2.06 bits per heavy atom. The van der Waals surface area contributed by atoms with Gasteiger partial charge in [-0.2, -0.15) is 0 Å². The van der Waals surface area contributed by atoms with Gasteiger partial charge in [-0.15, -0.1) is 0 Å². The second kappa shape index (κ2) is 7.11. The van der Waals surface area contributed by atoms with Crippen LogP contribution in [-0.4, -0.2) is 38.8 Å². The molecule has 1 aliphatic rings. The largest absolute Gasteiger partial charge is 0.316 e. The summed E-state index contributed by atoms with van der Waals surface area (Å²) in [6, 6.07) is 0. The van der Waals surface area contributed by atoms with Crippen LogP contribution in [0.3, 0.4) is 0 Å². The topological polar surface area (TPSA) is 63.2 Å². The zero-order chi connectivity index (χ0) is 12.7. The molecule has 0 amide bonds. The summed E-state index contributed by atoms with van der Waals surface area (Å²) in [4.78, 5) is 11.6. The Morgan fingerprint density at radius 1 is 1.29 bits per heavy atom. The molecule has 0 saturated carbocycles. The van der Waals surface area contributed by atoms with E-state index in [0.29, 0.717) is 18.8 Å². The van der Waals surface area contributed by atoms with Crippen molar-refractivity contribution in [1.29, 1.82) is 0 Å². The molecule has 0 bridgehead atoms. The summed E-state index contributed by atoms with van der Waals surface area (Å²) < 4.78 is 22.9. The molecule has 0 aromatic rings. The summed E-state index contributed by atoms with van der Waals surface area (Å²) in [5.74, 6) is 0.929. The van der Waals surface area contributed by atoms with Gasteiger partial charge >= 0.3 is 0 Å². The van der Waals surface area contributed by atoms with E-state index in [-0.39, 0.29) is 23.7 Å². The normalized spacial score (nSPS) is 20.6. The lowest BCUT2D eigenvalue weighted by Gasteiger charge is -2.07. The van der Waals surface area contributed by atoms with Crippen molar-refractivity contribution < 1.29 is 13.2 Å². The lowest BCUT2D eigenvalue weighted by atomic mass is 10.0. The lowest BCUT2D eigenvalue weighted by molar-refractivity contribution is -0.118. The van der Waals surface area contributed by atoms with Crippen molar-refractivity contribution in [3.8, 4) is 0 Å². The molecule has 0 aliphatic carbocycles. The molecule has 1 aliphatic heterocycles. The molecule has 1 unspecified atom stereocenters. The van der Waals surface area contributed by atoms with E-state index in [0.717, 1.165) is 25.9 Å². The first kappa shape index (κ1) is 14.6. The highest BCUT2D eigenvalue weighted by Gasteiger charge is 2.17. The van der Waals surface area contributed by atoms with Crippen LogP contribution in [0.4, 0.5) is 0 Å². The van der Waals surface area contributed by atoms with Gasteiger partial charge in [-0.1, -0.05) is 6.92 Å². The van der Waals surface area contributed by atoms with E-state index in [4.69, 9.17) is 0 Å². The van der Waals surface area contributed by atoms with Crippen LogP contribution in [0.25, 0.3) is 0 Å².